The number of fused-ring (bicyclic) bond motifs is 6. The zero-order valence-electron chi connectivity index (χ0n) is 25.6. The minimum absolute atomic E-state index is 0. The normalized spacial score (nSPS) is 9.37. The Hall–Kier alpha value is -3.58. The Kier molecular flexibility index (Phi) is 16.9. The molecule has 0 fully saturated rings. The van der Waals surface area contributed by atoms with Crippen molar-refractivity contribution >= 4 is 32.4 Å². The summed E-state index contributed by atoms with van der Waals surface area (Å²) >= 11 is 0. The van der Waals surface area contributed by atoms with E-state index >= 15 is 0 Å². The third kappa shape index (κ3) is 8.95. The first kappa shape index (κ1) is 35.4. The number of ether oxygens (including phenoxy) is 1. The van der Waals surface area contributed by atoms with E-state index in [1.165, 1.54) is 16.2 Å². The molecule has 3 nitrogen and oxygen atoms in total. The Bertz CT molecular complexity index is 1550. The van der Waals surface area contributed by atoms with Crippen LogP contribution in [0.3, 0.4) is 0 Å². The van der Waals surface area contributed by atoms with Gasteiger partial charge in [-0.15, -0.1) is 41.3 Å². The summed E-state index contributed by atoms with van der Waals surface area (Å²) in [5.74, 6) is 1.21. The molecule has 216 valence electrons. The van der Waals surface area contributed by atoms with Gasteiger partial charge in [0.2, 0.25) is 5.88 Å². The van der Waals surface area contributed by atoms with E-state index in [-0.39, 0.29) is 20.4 Å². The molecule has 6 aromatic rings. The fourth-order valence-corrected chi connectivity index (χ4v) is 4.21. The summed E-state index contributed by atoms with van der Waals surface area (Å²) in [5.41, 5.74) is 3.11. The van der Waals surface area contributed by atoms with Crippen LogP contribution in [-0.2, 0) is 26.8 Å². The molecule has 41 heavy (non-hydrogen) atoms. The molecule has 0 radical (unpaired) electrons. The van der Waals surface area contributed by atoms with E-state index < -0.39 is 0 Å². The monoisotopic (exact) mass is 636 g/mol. The molecule has 2 aromatic heterocycles. The molecule has 4 heteroatoms. The molecule has 0 amide bonds. The maximum atomic E-state index is 5.85. The van der Waals surface area contributed by atoms with Gasteiger partial charge in [0.15, 0.2) is 0 Å². The van der Waals surface area contributed by atoms with E-state index in [1.54, 1.807) is 6.20 Å². The second-order valence-electron chi connectivity index (χ2n) is 7.70. The van der Waals surface area contributed by atoms with Crippen LogP contribution in [0.2, 0.25) is 0 Å². The molecule has 6 rings (SSSR count). The number of hydrogen-bond donors (Lipinski definition) is 0. The molecule has 0 saturated heterocycles. The number of pyridine rings is 2. The standard InChI is InChI=1S/C29H18N2O.4C2H6.Pd/c1-2-10-24-23(9-1)25-14-13-21(19-27(25)29-26(24)11-6-16-31-29)17-20-7-5-8-22(18-20)32-28-12-3-4-15-30-28;4*1-2;/h1-16H,17H2;4*1-2H3;/q-2;;;;;+2. The van der Waals surface area contributed by atoms with Crippen molar-refractivity contribution in [3.63, 3.8) is 0 Å². The molecule has 4 aromatic carbocycles. The molecular weight excluding hydrogens is 595 g/mol. The summed E-state index contributed by atoms with van der Waals surface area (Å²) in [6.45, 7) is 16.0. The molecule has 0 aliphatic carbocycles. The zero-order valence-corrected chi connectivity index (χ0v) is 27.1. The number of hydrogen-bond acceptors (Lipinski definition) is 3. The van der Waals surface area contributed by atoms with Gasteiger partial charge in [0.1, 0.15) is 0 Å². The number of nitrogens with zero attached hydrogens (tertiary/aromatic N) is 2. The summed E-state index contributed by atoms with van der Waals surface area (Å²) in [4.78, 5) is 8.92. The van der Waals surface area contributed by atoms with E-state index in [1.807, 2.05) is 98.0 Å². The van der Waals surface area contributed by atoms with Crippen LogP contribution in [0.15, 0.2) is 97.3 Å². The Labute approximate surface area is 260 Å². The van der Waals surface area contributed by atoms with Gasteiger partial charge in [-0.3, -0.25) is 0 Å². The van der Waals surface area contributed by atoms with E-state index in [0.717, 1.165) is 27.4 Å². The van der Waals surface area contributed by atoms with Crippen LogP contribution in [0.25, 0.3) is 32.4 Å². The Morgan fingerprint density at radius 2 is 1.15 bits per heavy atom. The predicted molar refractivity (Wildman–Crippen MR) is 173 cm³/mol. The maximum absolute atomic E-state index is 5.85. The number of aromatic nitrogens is 2. The molecule has 0 N–H and O–H groups in total. The summed E-state index contributed by atoms with van der Waals surface area (Å²) in [6, 6.07) is 35.5. The van der Waals surface area contributed by atoms with Gasteiger partial charge >= 0.3 is 20.4 Å². The largest absolute Gasteiger partial charge is 2.00 e. The quantitative estimate of drug-likeness (QED) is 0.110. The molecular formula is C37H42N2OPd. The van der Waals surface area contributed by atoms with Crippen LogP contribution in [0.5, 0.6) is 11.6 Å². The van der Waals surface area contributed by atoms with Crippen LogP contribution in [0, 0.1) is 12.1 Å². The van der Waals surface area contributed by atoms with Gasteiger partial charge in [-0.25, -0.2) is 4.98 Å². The van der Waals surface area contributed by atoms with Crippen LogP contribution in [0.4, 0.5) is 0 Å². The molecule has 0 aliphatic rings. The molecule has 2 heterocycles. The predicted octanol–water partition coefficient (Wildman–Crippen LogP) is 11.0. The van der Waals surface area contributed by atoms with Crippen molar-refractivity contribution in [1.29, 1.82) is 0 Å². The third-order valence-electron chi connectivity index (χ3n) is 5.62. The van der Waals surface area contributed by atoms with Crippen molar-refractivity contribution in [2.45, 2.75) is 61.8 Å². The average molecular weight is 637 g/mol. The van der Waals surface area contributed by atoms with Crippen LogP contribution in [-0.4, -0.2) is 9.97 Å². The van der Waals surface area contributed by atoms with Gasteiger partial charge in [0, 0.05) is 24.2 Å². The van der Waals surface area contributed by atoms with Gasteiger partial charge in [-0.1, -0.05) is 103 Å². The number of benzene rings is 4. The fraction of sp³-hybridized carbons (Fsp3) is 0.243. The smallest absolute Gasteiger partial charge is 0.466 e. The SMILES string of the molecule is CC.CC.CC.CC.[Pd+2].[c-]1c(Cc2[c-]c3c(cc2)c2ccccc2c2cccnc32)cccc1Oc1ccccn1. The molecule has 0 saturated carbocycles. The van der Waals surface area contributed by atoms with Crippen LogP contribution < -0.4 is 4.74 Å². The Morgan fingerprint density at radius 1 is 0.537 bits per heavy atom. The second kappa shape index (κ2) is 19.5. The van der Waals surface area contributed by atoms with Crippen molar-refractivity contribution in [3.05, 3.63) is 121 Å². The number of rotatable bonds is 4. The zero-order chi connectivity index (χ0) is 29.3. The second-order valence-corrected chi connectivity index (χ2v) is 7.70. The molecule has 0 aliphatic heterocycles. The maximum Gasteiger partial charge on any atom is 2.00 e. The molecule has 0 spiro atoms. The first-order valence-corrected chi connectivity index (χ1v) is 14.6. The minimum Gasteiger partial charge on any atom is -0.466 e. The van der Waals surface area contributed by atoms with Gasteiger partial charge in [0.25, 0.3) is 0 Å². The van der Waals surface area contributed by atoms with Gasteiger partial charge in [0.05, 0.1) is 0 Å². The minimum atomic E-state index is 0. The van der Waals surface area contributed by atoms with Crippen molar-refractivity contribution in [2.75, 3.05) is 0 Å². The third-order valence-corrected chi connectivity index (χ3v) is 5.62. The van der Waals surface area contributed by atoms with Gasteiger partial charge in [-0.2, -0.15) is 17.7 Å². The van der Waals surface area contributed by atoms with E-state index in [2.05, 4.69) is 65.6 Å². The Morgan fingerprint density at radius 3 is 1.83 bits per heavy atom. The molecule has 0 atom stereocenters. The van der Waals surface area contributed by atoms with Gasteiger partial charge in [-0.05, 0) is 34.8 Å². The average Bonchev–Trinajstić information content (AvgIpc) is 3.06. The summed E-state index contributed by atoms with van der Waals surface area (Å²) in [5, 5.41) is 5.82. The van der Waals surface area contributed by atoms with E-state index in [9.17, 15) is 0 Å². The first-order valence-electron chi connectivity index (χ1n) is 14.6. The van der Waals surface area contributed by atoms with Crippen molar-refractivity contribution < 1.29 is 25.2 Å². The Balaban J connectivity index is 0.000000864. The van der Waals surface area contributed by atoms with Crippen LogP contribution >= 0.6 is 0 Å². The topological polar surface area (TPSA) is 35.0 Å². The van der Waals surface area contributed by atoms with Gasteiger partial charge < -0.3 is 9.72 Å². The molecule has 0 bridgehead atoms. The van der Waals surface area contributed by atoms with E-state index in [4.69, 9.17) is 9.72 Å². The summed E-state index contributed by atoms with van der Waals surface area (Å²) in [7, 11) is 0. The van der Waals surface area contributed by atoms with Crippen LogP contribution in [0.1, 0.15) is 66.5 Å². The van der Waals surface area contributed by atoms with E-state index in [0.29, 0.717) is 18.1 Å². The summed E-state index contributed by atoms with van der Waals surface area (Å²) < 4.78 is 5.85. The first-order chi connectivity index (χ1) is 19.8. The van der Waals surface area contributed by atoms with Crippen molar-refractivity contribution in [3.8, 4) is 11.6 Å². The van der Waals surface area contributed by atoms with Crippen molar-refractivity contribution in [2.24, 2.45) is 0 Å². The molecule has 0 unspecified atom stereocenters. The fourth-order valence-electron chi connectivity index (χ4n) is 4.21. The van der Waals surface area contributed by atoms with Crippen molar-refractivity contribution in [1.82, 2.24) is 9.97 Å². The summed E-state index contributed by atoms with van der Waals surface area (Å²) in [6.07, 6.45) is 4.27.